The van der Waals surface area contributed by atoms with Crippen LogP contribution in [0.1, 0.15) is 32.8 Å². The van der Waals surface area contributed by atoms with Crippen LogP contribution in [0, 0.1) is 6.92 Å². The molecule has 0 fully saturated rings. The molecule has 0 aromatic heterocycles. The van der Waals surface area contributed by atoms with Gasteiger partial charge in [-0.1, -0.05) is 17.7 Å². The third-order valence-electron chi connectivity index (χ3n) is 2.46. The molecule has 1 aromatic carbocycles. The van der Waals surface area contributed by atoms with Gasteiger partial charge in [-0.25, -0.2) is 4.79 Å². The van der Waals surface area contributed by atoms with Gasteiger partial charge in [-0.3, -0.25) is 0 Å². The minimum Gasteiger partial charge on any atom is -0.444 e. The van der Waals surface area contributed by atoms with Gasteiger partial charge in [-0.2, -0.15) is 0 Å². The largest absolute Gasteiger partial charge is 0.444 e. The molecule has 0 heterocycles. The average Bonchev–Trinajstić information content (AvgIpc) is 2.28. The van der Waals surface area contributed by atoms with Crippen LogP contribution in [0.4, 0.5) is 10.5 Å². The molecule has 1 aromatic rings. The predicted octanol–water partition coefficient (Wildman–Crippen LogP) is 3.98. The Kier molecular flexibility index (Phi) is 6.14. The highest BCUT2D eigenvalue weighted by Crippen LogP contribution is 2.22. The third-order valence-corrected chi connectivity index (χ3v) is 2.77. The number of nitrogens with one attached hydrogen (secondary N) is 2. The van der Waals surface area contributed by atoms with Crippen molar-refractivity contribution in [3.8, 4) is 0 Å². The fourth-order valence-corrected chi connectivity index (χ4v) is 1.88. The number of carbonyl (C=O) groups excluding carboxylic acids is 1. The Morgan fingerprint density at radius 3 is 2.60 bits per heavy atom. The fraction of sp³-hybridized carbons (Fsp3) is 0.533. The molecular formula is C15H23ClN2O2. The molecule has 5 heteroatoms. The molecule has 112 valence electrons. The van der Waals surface area contributed by atoms with Crippen LogP contribution >= 0.6 is 11.6 Å². The lowest BCUT2D eigenvalue weighted by Crippen LogP contribution is -2.33. The zero-order chi connectivity index (χ0) is 15.2. The van der Waals surface area contributed by atoms with E-state index in [2.05, 4.69) is 10.6 Å². The highest BCUT2D eigenvalue weighted by molar-refractivity contribution is 6.33. The lowest BCUT2D eigenvalue weighted by molar-refractivity contribution is 0.0528. The number of anilines is 1. The van der Waals surface area contributed by atoms with Crippen LogP contribution in [0.15, 0.2) is 18.2 Å². The topological polar surface area (TPSA) is 50.4 Å². The first-order valence-corrected chi connectivity index (χ1v) is 7.12. The number of aryl methyl sites for hydroxylation is 1. The number of alkyl carbamates (subject to hydrolysis) is 1. The van der Waals surface area contributed by atoms with Crippen molar-refractivity contribution in [2.45, 2.75) is 39.7 Å². The first-order chi connectivity index (χ1) is 9.28. The molecule has 20 heavy (non-hydrogen) atoms. The van der Waals surface area contributed by atoms with E-state index in [0.717, 1.165) is 24.2 Å². The Labute approximate surface area is 125 Å². The second-order valence-electron chi connectivity index (χ2n) is 5.69. The molecule has 0 saturated carbocycles. The van der Waals surface area contributed by atoms with Crippen molar-refractivity contribution < 1.29 is 9.53 Å². The fourth-order valence-electron chi connectivity index (χ4n) is 1.58. The standard InChI is InChI=1S/C15H23ClN2O2/c1-11-6-7-13(12(16)10-11)17-8-5-9-18-14(19)20-15(2,3)4/h6-7,10,17H,5,8-9H2,1-4H3,(H,18,19). The molecule has 1 amide bonds. The maximum atomic E-state index is 11.4. The van der Waals surface area contributed by atoms with Crippen LogP contribution in [-0.2, 0) is 4.74 Å². The Hall–Kier alpha value is -1.42. The zero-order valence-corrected chi connectivity index (χ0v) is 13.3. The minimum absolute atomic E-state index is 0.383. The SMILES string of the molecule is Cc1ccc(NCCCNC(=O)OC(C)(C)C)c(Cl)c1. The van der Waals surface area contributed by atoms with Crippen LogP contribution in [0.25, 0.3) is 0 Å². The van der Waals surface area contributed by atoms with E-state index in [1.165, 1.54) is 0 Å². The van der Waals surface area contributed by atoms with Gasteiger partial charge in [0.15, 0.2) is 0 Å². The van der Waals surface area contributed by atoms with Crippen LogP contribution in [0.3, 0.4) is 0 Å². The summed E-state index contributed by atoms with van der Waals surface area (Å²) < 4.78 is 5.14. The van der Waals surface area contributed by atoms with E-state index < -0.39 is 5.60 Å². The summed E-state index contributed by atoms with van der Waals surface area (Å²) in [5, 5.41) is 6.67. The lowest BCUT2D eigenvalue weighted by atomic mass is 10.2. The first kappa shape index (κ1) is 16.6. The molecule has 1 rings (SSSR count). The molecule has 0 unspecified atom stereocenters. The Balaban J connectivity index is 2.21. The van der Waals surface area contributed by atoms with Crippen molar-refractivity contribution in [1.29, 1.82) is 0 Å². The van der Waals surface area contributed by atoms with Crippen molar-refractivity contribution in [3.05, 3.63) is 28.8 Å². The maximum Gasteiger partial charge on any atom is 0.407 e. The molecule has 0 aliphatic heterocycles. The molecule has 0 saturated heterocycles. The number of halogens is 1. The van der Waals surface area contributed by atoms with Crippen molar-refractivity contribution in [2.75, 3.05) is 18.4 Å². The summed E-state index contributed by atoms with van der Waals surface area (Å²) in [7, 11) is 0. The second kappa shape index (κ2) is 7.39. The van der Waals surface area contributed by atoms with Crippen molar-refractivity contribution >= 4 is 23.4 Å². The van der Waals surface area contributed by atoms with Gasteiger partial charge in [-0.05, 0) is 51.8 Å². The predicted molar refractivity (Wildman–Crippen MR) is 83.5 cm³/mol. The van der Waals surface area contributed by atoms with Gasteiger partial charge in [0.2, 0.25) is 0 Å². The van der Waals surface area contributed by atoms with Crippen molar-refractivity contribution in [2.24, 2.45) is 0 Å². The van der Waals surface area contributed by atoms with Crippen LogP contribution < -0.4 is 10.6 Å². The van der Waals surface area contributed by atoms with Crippen molar-refractivity contribution in [3.63, 3.8) is 0 Å². The van der Waals surface area contributed by atoms with Gasteiger partial charge >= 0.3 is 6.09 Å². The molecular weight excluding hydrogens is 276 g/mol. The third kappa shape index (κ3) is 6.66. The van der Waals surface area contributed by atoms with Gasteiger partial charge < -0.3 is 15.4 Å². The Bertz CT molecular complexity index is 456. The van der Waals surface area contributed by atoms with Gasteiger partial charge in [0.1, 0.15) is 5.60 Å². The molecule has 0 spiro atoms. The monoisotopic (exact) mass is 298 g/mol. The van der Waals surface area contributed by atoms with Crippen molar-refractivity contribution in [1.82, 2.24) is 5.32 Å². The van der Waals surface area contributed by atoms with E-state index in [1.807, 2.05) is 45.9 Å². The Morgan fingerprint density at radius 2 is 2.00 bits per heavy atom. The summed E-state index contributed by atoms with van der Waals surface area (Å²) in [5.74, 6) is 0. The van der Waals surface area contributed by atoms with E-state index in [4.69, 9.17) is 16.3 Å². The molecule has 0 aliphatic carbocycles. The molecule has 4 nitrogen and oxygen atoms in total. The van der Waals surface area contributed by atoms with E-state index in [-0.39, 0.29) is 6.09 Å². The summed E-state index contributed by atoms with van der Waals surface area (Å²) in [5.41, 5.74) is 1.58. The highest BCUT2D eigenvalue weighted by atomic mass is 35.5. The smallest absolute Gasteiger partial charge is 0.407 e. The summed E-state index contributed by atoms with van der Waals surface area (Å²) in [6.07, 6.45) is 0.412. The number of carbonyl (C=O) groups is 1. The molecule has 0 radical (unpaired) electrons. The highest BCUT2D eigenvalue weighted by Gasteiger charge is 2.15. The van der Waals surface area contributed by atoms with E-state index in [1.54, 1.807) is 0 Å². The van der Waals surface area contributed by atoms with Crippen LogP contribution in [0.5, 0.6) is 0 Å². The number of benzene rings is 1. The van der Waals surface area contributed by atoms with Gasteiger partial charge in [0, 0.05) is 13.1 Å². The number of rotatable bonds is 5. The number of hydrogen-bond acceptors (Lipinski definition) is 3. The van der Waals surface area contributed by atoms with Gasteiger partial charge in [0.25, 0.3) is 0 Å². The van der Waals surface area contributed by atoms with E-state index in [0.29, 0.717) is 11.6 Å². The second-order valence-corrected chi connectivity index (χ2v) is 6.10. The quantitative estimate of drug-likeness (QED) is 0.809. The van der Waals surface area contributed by atoms with Gasteiger partial charge in [0.05, 0.1) is 10.7 Å². The normalized spacial score (nSPS) is 11.1. The first-order valence-electron chi connectivity index (χ1n) is 6.75. The maximum absolute atomic E-state index is 11.4. The summed E-state index contributed by atoms with van der Waals surface area (Å²) in [6, 6.07) is 5.88. The zero-order valence-electron chi connectivity index (χ0n) is 12.5. The summed E-state index contributed by atoms with van der Waals surface area (Å²) >= 11 is 6.11. The number of ether oxygens (including phenoxy) is 1. The minimum atomic E-state index is -0.461. The van der Waals surface area contributed by atoms with E-state index >= 15 is 0 Å². The van der Waals surface area contributed by atoms with Crippen LogP contribution in [0.2, 0.25) is 5.02 Å². The molecule has 0 bridgehead atoms. The number of amides is 1. The summed E-state index contributed by atoms with van der Waals surface area (Å²) in [6.45, 7) is 8.82. The summed E-state index contributed by atoms with van der Waals surface area (Å²) in [4.78, 5) is 11.4. The molecule has 2 N–H and O–H groups in total. The number of hydrogen-bond donors (Lipinski definition) is 2. The van der Waals surface area contributed by atoms with Crippen LogP contribution in [-0.4, -0.2) is 24.8 Å². The molecule has 0 atom stereocenters. The molecule has 0 aliphatic rings. The Morgan fingerprint density at radius 1 is 1.30 bits per heavy atom. The van der Waals surface area contributed by atoms with Gasteiger partial charge in [-0.15, -0.1) is 0 Å². The average molecular weight is 299 g/mol. The lowest BCUT2D eigenvalue weighted by Gasteiger charge is -2.19. The van der Waals surface area contributed by atoms with E-state index in [9.17, 15) is 4.79 Å².